The molecular formula is C7H7FN4O. The average Bonchev–Trinajstić information content (AvgIpc) is 2.16. The van der Waals surface area contributed by atoms with E-state index < -0.39 is 18.5 Å². The highest BCUT2D eigenvalue weighted by atomic mass is 19.1. The number of aliphatic hydroxyl groups excluding tert-OH is 1. The summed E-state index contributed by atoms with van der Waals surface area (Å²) in [4.78, 5) is 6.03. The number of aromatic nitrogens is 1. The van der Waals surface area contributed by atoms with Crippen molar-refractivity contribution in [2.24, 2.45) is 5.11 Å². The summed E-state index contributed by atoms with van der Waals surface area (Å²) in [6, 6.07) is 0.484. The third kappa shape index (κ3) is 2.14. The zero-order valence-corrected chi connectivity index (χ0v) is 6.63. The molecule has 1 atom stereocenters. The highest BCUT2D eigenvalue weighted by Gasteiger charge is 2.12. The predicted molar refractivity (Wildman–Crippen MR) is 43.2 cm³/mol. The molecule has 13 heavy (non-hydrogen) atoms. The van der Waals surface area contributed by atoms with Crippen LogP contribution in [0.2, 0.25) is 0 Å². The van der Waals surface area contributed by atoms with E-state index in [2.05, 4.69) is 15.0 Å². The van der Waals surface area contributed by atoms with Crippen molar-refractivity contribution in [3.8, 4) is 0 Å². The van der Waals surface area contributed by atoms with Crippen molar-refractivity contribution in [1.29, 1.82) is 0 Å². The quantitative estimate of drug-likeness (QED) is 0.437. The SMILES string of the molecule is [N-]=[N+]=NC(CO)c1ccncc1F. The highest BCUT2D eigenvalue weighted by molar-refractivity contribution is 5.17. The molecule has 1 rings (SSSR count). The van der Waals surface area contributed by atoms with E-state index in [1.165, 1.54) is 12.3 Å². The van der Waals surface area contributed by atoms with Gasteiger partial charge in [-0.2, -0.15) is 0 Å². The Labute approximate surface area is 73.5 Å². The van der Waals surface area contributed by atoms with Crippen LogP contribution < -0.4 is 0 Å². The Balaban J connectivity index is 3.04. The van der Waals surface area contributed by atoms with Gasteiger partial charge in [-0.1, -0.05) is 5.11 Å². The third-order valence-electron chi connectivity index (χ3n) is 1.53. The van der Waals surface area contributed by atoms with Gasteiger partial charge >= 0.3 is 0 Å². The van der Waals surface area contributed by atoms with Crippen LogP contribution in [0.4, 0.5) is 4.39 Å². The molecule has 0 aromatic carbocycles. The molecule has 0 aliphatic carbocycles. The summed E-state index contributed by atoms with van der Waals surface area (Å²) in [6.45, 7) is -0.426. The molecule has 0 bridgehead atoms. The van der Waals surface area contributed by atoms with Gasteiger partial charge in [-0.3, -0.25) is 4.98 Å². The summed E-state index contributed by atoms with van der Waals surface area (Å²) in [6.07, 6.45) is 2.37. The second-order valence-corrected chi connectivity index (χ2v) is 2.30. The van der Waals surface area contributed by atoms with Gasteiger partial charge < -0.3 is 5.11 Å². The van der Waals surface area contributed by atoms with E-state index >= 15 is 0 Å². The Bertz CT molecular complexity index is 337. The maximum atomic E-state index is 13.0. The van der Waals surface area contributed by atoms with Gasteiger partial charge in [0.1, 0.15) is 5.82 Å². The first-order chi connectivity index (χ1) is 6.29. The number of hydrogen-bond acceptors (Lipinski definition) is 3. The fraction of sp³-hybridized carbons (Fsp3) is 0.286. The van der Waals surface area contributed by atoms with Crippen LogP contribution in [0, 0.1) is 5.82 Å². The lowest BCUT2D eigenvalue weighted by Gasteiger charge is -2.07. The van der Waals surface area contributed by atoms with Crippen molar-refractivity contribution >= 4 is 0 Å². The second kappa shape index (κ2) is 4.39. The summed E-state index contributed by atoms with van der Waals surface area (Å²) in [7, 11) is 0. The van der Waals surface area contributed by atoms with E-state index in [1.54, 1.807) is 0 Å². The number of halogens is 1. The van der Waals surface area contributed by atoms with Crippen LogP contribution in [-0.2, 0) is 0 Å². The van der Waals surface area contributed by atoms with Gasteiger partial charge in [0.2, 0.25) is 0 Å². The van der Waals surface area contributed by atoms with E-state index in [1.807, 2.05) is 0 Å². The smallest absolute Gasteiger partial charge is 0.145 e. The predicted octanol–water partition coefficient (Wildman–Crippen LogP) is 1.56. The van der Waals surface area contributed by atoms with Crippen molar-refractivity contribution in [3.63, 3.8) is 0 Å². The summed E-state index contributed by atoms with van der Waals surface area (Å²) in [5.74, 6) is -0.589. The zero-order chi connectivity index (χ0) is 9.68. The number of pyridine rings is 1. The number of rotatable bonds is 3. The summed E-state index contributed by atoms with van der Waals surface area (Å²) in [5, 5.41) is 12.0. The molecule has 1 aromatic heterocycles. The molecule has 0 spiro atoms. The fourth-order valence-electron chi connectivity index (χ4n) is 0.916. The summed E-state index contributed by atoms with van der Waals surface area (Å²) < 4.78 is 13.0. The molecule has 68 valence electrons. The molecular weight excluding hydrogens is 175 g/mol. The zero-order valence-electron chi connectivity index (χ0n) is 6.63. The van der Waals surface area contributed by atoms with Gasteiger partial charge in [-0.15, -0.1) is 0 Å². The maximum absolute atomic E-state index is 13.0. The molecule has 1 N–H and O–H groups in total. The van der Waals surface area contributed by atoms with Crippen molar-refractivity contribution in [1.82, 2.24) is 4.98 Å². The van der Waals surface area contributed by atoms with Crippen LogP contribution >= 0.6 is 0 Å². The van der Waals surface area contributed by atoms with E-state index in [0.29, 0.717) is 0 Å². The van der Waals surface area contributed by atoms with Gasteiger partial charge in [-0.25, -0.2) is 4.39 Å². The van der Waals surface area contributed by atoms with Crippen molar-refractivity contribution in [3.05, 3.63) is 40.3 Å². The molecule has 0 aliphatic heterocycles. The van der Waals surface area contributed by atoms with E-state index in [0.717, 1.165) is 6.20 Å². The van der Waals surface area contributed by atoms with E-state index in [-0.39, 0.29) is 5.56 Å². The molecule has 0 radical (unpaired) electrons. The first-order valence-corrected chi connectivity index (χ1v) is 3.54. The average molecular weight is 182 g/mol. The van der Waals surface area contributed by atoms with Gasteiger partial charge in [0.15, 0.2) is 0 Å². The van der Waals surface area contributed by atoms with E-state index in [9.17, 15) is 4.39 Å². The van der Waals surface area contributed by atoms with Gasteiger partial charge in [-0.05, 0) is 11.6 Å². The van der Waals surface area contributed by atoms with Crippen LogP contribution in [0.5, 0.6) is 0 Å². The lowest BCUT2D eigenvalue weighted by Crippen LogP contribution is -2.03. The third-order valence-corrected chi connectivity index (χ3v) is 1.53. The van der Waals surface area contributed by atoms with Crippen LogP contribution in [0.25, 0.3) is 10.4 Å². The monoisotopic (exact) mass is 182 g/mol. The largest absolute Gasteiger partial charge is 0.396 e. The highest BCUT2D eigenvalue weighted by Crippen LogP contribution is 2.18. The standard InChI is InChI=1S/C7H7FN4O/c8-6-3-10-2-1-5(6)7(4-13)11-12-9/h1-3,7,13H,4H2. The molecule has 1 heterocycles. The lowest BCUT2D eigenvalue weighted by molar-refractivity contribution is 0.265. The Kier molecular flexibility index (Phi) is 3.19. The Morgan fingerprint density at radius 1 is 1.77 bits per heavy atom. The Hall–Kier alpha value is -1.65. The minimum Gasteiger partial charge on any atom is -0.396 e. The van der Waals surface area contributed by atoms with Gasteiger partial charge in [0, 0.05) is 16.7 Å². The Morgan fingerprint density at radius 3 is 3.08 bits per heavy atom. The molecule has 6 heteroatoms. The fourth-order valence-corrected chi connectivity index (χ4v) is 0.916. The number of nitrogens with zero attached hydrogens (tertiary/aromatic N) is 4. The molecule has 0 saturated carbocycles. The minimum atomic E-state index is -0.881. The number of azide groups is 1. The Morgan fingerprint density at radius 2 is 2.54 bits per heavy atom. The molecule has 0 aliphatic rings. The van der Waals surface area contributed by atoms with E-state index in [4.69, 9.17) is 10.6 Å². The van der Waals surface area contributed by atoms with Crippen LogP contribution in [0.1, 0.15) is 11.6 Å². The van der Waals surface area contributed by atoms with Crippen LogP contribution in [0.3, 0.4) is 0 Å². The minimum absolute atomic E-state index is 0.148. The number of hydrogen-bond donors (Lipinski definition) is 1. The molecule has 0 fully saturated rings. The lowest BCUT2D eigenvalue weighted by atomic mass is 10.1. The first kappa shape index (κ1) is 9.44. The number of aliphatic hydroxyl groups is 1. The molecule has 0 saturated heterocycles. The van der Waals surface area contributed by atoms with Crippen LogP contribution in [-0.4, -0.2) is 16.7 Å². The molecule has 1 unspecified atom stereocenters. The summed E-state index contributed by atoms with van der Waals surface area (Å²) >= 11 is 0. The maximum Gasteiger partial charge on any atom is 0.145 e. The van der Waals surface area contributed by atoms with Gasteiger partial charge in [0.05, 0.1) is 18.8 Å². The normalized spacial score (nSPS) is 11.8. The molecule has 1 aromatic rings. The van der Waals surface area contributed by atoms with Crippen molar-refractivity contribution in [2.75, 3.05) is 6.61 Å². The topological polar surface area (TPSA) is 81.9 Å². The van der Waals surface area contributed by atoms with Gasteiger partial charge in [0.25, 0.3) is 0 Å². The first-order valence-electron chi connectivity index (χ1n) is 3.54. The van der Waals surface area contributed by atoms with Crippen molar-refractivity contribution < 1.29 is 9.50 Å². The second-order valence-electron chi connectivity index (χ2n) is 2.30. The van der Waals surface area contributed by atoms with Crippen LogP contribution in [0.15, 0.2) is 23.6 Å². The molecule has 0 amide bonds. The molecule has 5 nitrogen and oxygen atoms in total. The summed E-state index contributed by atoms with van der Waals surface area (Å²) in [5.41, 5.74) is 8.28. The van der Waals surface area contributed by atoms with Crippen molar-refractivity contribution in [2.45, 2.75) is 6.04 Å².